The molecule has 0 atom stereocenters. The van der Waals surface area contributed by atoms with Crippen molar-refractivity contribution in [3.05, 3.63) is 72.8 Å². The van der Waals surface area contributed by atoms with Gasteiger partial charge in [-0.25, -0.2) is 9.97 Å². The summed E-state index contributed by atoms with van der Waals surface area (Å²) < 4.78 is 8.15. The Bertz CT molecular complexity index is 1300. The van der Waals surface area contributed by atoms with Gasteiger partial charge in [0.2, 0.25) is 0 Å². The summed E-state index contributed by atoms with van der Waals surface area (Å²) in [6.45, 7) is 4.73. The Labute approximate surface area is 212 Å². The van der Waals surface area contributed by atoms with Crippen LogP contribution in [0.15, 0.2) is 67.0 Å². The van der Waals surface area contributed by atoms with Crippen molar-refractivity contribution >= 4 is 11.3 Å². The molecule has 0 radical (unpaired) electrons. The molecule has 3 heterocycles. The normalized spacial score (nSPS) is 21.6. The average Bonchev–Trinajstić information content (AvgIpc) is 3.31. The molecule has 2 fully saturated rings. The molecule has 0 bridgehead atoms. The van der Waals surface area contributed by atoms with E-state index in [1.54, 1.807) is 6.20 Å². The van der Waals surface area contributed by atoms with E-state index < -0.39 is 0 Å². The quantitative estimate of drug-likeness (QED) is 0.429. The summed E-state index contributed by atoms with van der Waals surface area (Å²) in [7, 11) is 2.22. The van der Waals surface area contributed by atoms with Gasteiger partial charge in [0.1, 0.15) is 34.4 Å². The maximum Gasteiger partial charge on any atom is 0.150 e. The molecule has 186 valence electrons. The van der Waals surface area contributed by atoms with Crippen LogP contribution in [0.25, 0.3) is 16.8 Å². The SMILES string of the molecule is CN1CCN([C@H]2CC[C@@H](c3nc(-c4ccc(Oc5ccccc5)cc4)c4c(N)nccn43)CC2)CC1. The van der Waals surface area contributed by atoms with Crippen molar-refractivity contribution in [1.29, 1.82) is 0 Å². The number of aromatic nitrogens is 3. The number of fused-ring (bicyclic) bond motifs is 1. The monoisotopic (exact) mass is 482 g/mol. The van der Waals surface area contributed by atoms with Crippen molar-refractivity contribution in [2.45, 2.75) is 37.6 Å². The summed E-state index contributed by atoms with van der Waals surface area (Å²) in [5.74, 6) is 3.66. The fourth-order valence-corrected chi connectivity index (χ4v) is 5.77. The van der Waals surface area contributed by atoms with Gasteiger partial charge in [0.25, 0.3) is 0 Å². The van der Waals surface area contributed by atoms with Gasteiger partial charge in [0, 0.05) is 56.1 Å². The molecule has 0 amide bonds. The lowest BCUT2D eigenvalue weighted by Crippen LogP contribution is -2.49. The molecule has 4 aromatic rings. The third-order valence-electron chi connectivity index (χ3n) is 7.83. The van der Waals surface area contributed by atoms with Crippen LogP contribution in [0.4, 0.5) is 5.82 Å². The van der Waals surface area contributed by atoms with E-state index in [2.05, 4.69) is 38.4 Å². The van der Waals surface area contributed by atoms with Gasteiger partial charge in [0.05, 0.1) is 0 Å². The molecule has 0 unspecified atom stereocenters. The highest BCUT2D eigenvalue weighted by Crippen LogP contribution is 2.38. The fourth-order valence-electron chi connectivity index (χ4n) is 5.77. The van der Waals surface area contributed by atoms with Crippen molar-refractivity contribution < 1.29 is 4.74 Å². The zero-order valence-electron chi connectivity index (χ0n) is 20.9. The van der Waals surface area contributed by atoms with E-state index >= 15 is 0 Å². The van der Waals surface area contributed by atoms with Gasteiger partial charge in [-0.2, -0.15) is 0 Å². The number of nitrogen functional groups attached to an aromatic ring is 1. The molecule has 1 saturated heterocycles. The van der Waals surface area contributed by atoms with Gasteiger partial charge in [-0.15, -0.1) is 0 Å². The second kappa shape index (κ2) is 9.91. The number of hydrogen-bond acceptors (Lipinski definition) is 6. The van der Waals surface area contributed by atoms with Crippen molar-refractivity contribution in [2.24, 2.45) is 0 Å². The standard InChI is InChI=1S/C29H34N6O/c1-33-17-19-34(20-18-33)23-11-7-22(8-12-23)29-32-26(27-28(30)31-15-16-35(27)29)21-9-13-25(14-10-21)36-24-5-3-2-4-6-24/h2-6,9-10,13-16,22-23H,7-8,11-12,17-20H2,1H3,(H2,30,31)/t22-,23+. The number of nitrogens with zero attached hydrogens (tertiary/aromatic N) is 5. The maximum absolute atomic E-state index is 6.39. The molecule has 2 aromatic carbocycles. The van der Waals surface area contributed by atoms with Crippen LogP contribution >= 0.6 is 0 Å². The fraction of sp³-hybridized carbons (Fsp3) is 0.379. The predicted octanol–water partition coefficient (Wildman–Crippen LogP) is 5.04. The van der Waals surface area contributed by atoms with E-state index in [-0.39, 0.29) is 0 Å². The van der Waals surface area contributed by atoms with E-state index in [9.17, 15) is 0 Å². The minimum Gasteiger partial charge on any atom is -0.457 e. The van der Waals surface area contributed by atoms with E-state index in [1.165, 1.54) is 39.0 Å². The molecule has 0 spiro atoms. The van der Waals surface area contributed by atoms with Crippen LogP contribution in [0, 0.1) is 0 Å². The highest BCUT2D eigenvalue weighted by atomic mass is 16.5. The first-order valence-electron chi connectivity index (χ1n) is 13.0. The molecular weight excluding hydrogens is 448 g/mol. The first kappa shape index (κ1) is 23.0. The minimum atomic E-state index is 0.428. The third kappa shape index (κ3) is 4.56. The Balaban J connectivity index is 1.24. The van der Waals surface area contributed by atoms with Crippen LogP contribution in [0.3, 0.4) is 0 Å². The highest BCUT2D eigenvalue weighted by molar-refractivity contribution is 5.85. The van der Waals surface area contributed by atoms with E-state index in [0.29, 0.717) is 17.8 Å². The predicted molar refractivity (Wildman–Crippen MR) is 143 cm³/mol. The number of anilines is 1. The molecule has 7 heteroatoms. The molecule has 1 aliphatic carbocycles. The van der Waals surface area contributed by atoms with Crippen LogP contribution in [-0.4, -0.2) is 63.4 Å². The van der Waals surface area contributed by atoms with Gasteiger partial charge in [-0.05, 0) is 69.1 Å². The van der Waals surface area contributed by atoms with Gasteiger partial charge in [-0.1, -0.05) is 18.2 Å². The first-order chi connectivity index (χ1) is 17.7. The Morgan fingerprint density at radius 3 is 2.28 bits per heavy atom. The lowest BCUT2D eigenvalue weighted by atomic mass is 9.84. The smallest absolute Gasteiger partial charge is 0.150 e. The number of nitrogens with two attached hydrogens (primary N) is 1. The summed E-state index contributed by atoms with van der Waals surface area (Å²) in [5, 5.41) is 0. The molecule has 1 aliphatic heterocycles. The van der Waals surface area contributed by atoms with Crippen molar-refractivity contribution in [1.82, 2.24) is 24.2 Å². The Kier molecular flexibility index (Phi) is 6.34. The van der Waals surface area contributed by atoms with Gasteiger partial charge < -0.3 is 15.4 Å². The lowest BCUT2D eigenvalue weighted by Gasteiger charge is -2.41. The molecular formula is C29H34N6O. The van der Waals surface area contributed by atoms with Crippen LogP contribution in [0.1, 0.15) is 37.4 Å². The van der Waals surface area contributed by atoms with Crippen molar-refractivity contribution in [3.63, 3.8) is 0 Å². The number of benzene rings is 2. The van der Waals surface area contributed by atoms with Crippen LogP contribution < -0.4 is 10.5 Å². The number of hydrogen-bond donors (Lipinski definition) is 1. The third-order valence-corrected chi connectivity index (χ3v) is 7.83. The van der Waals surface area contributed by atoms with E-state index in [0.717, 1.165) is 46.9 Å². The summed E-state index contributed by atoms with van der Waals surface area (Å²) in [4.78, 5) is 14.7. The average molecular weight is 483 g/mol. The summed E-state index contributed by atoms with van der Waals surface area (Å²) in [6, 6.07) is 18.6. The van der Waals surface area contributed by atoms with Crippen LogP contribution in [0.2, 0.25) is 0 Å². The van der Waals surface area contributed by atoms with E-state index in [1.807, 2.05) is 48.7 Å². The molecule has 2 aliphatic rings. The second-order valence-electron chi connectivity index (χ2n) is 10.1. The van der Waals surface area contributed by atoms with Crippen LogP contribution in [0.5, 0.6) is 11.5 Å². The number of imidazole rings is 1. The number of ether oxygens (including phenoxy) is 1. The second-order valence-corrected chi connectivity index (χ2v) is 10.1. The molecule has 7 nitrogen and oxygen atoms in total. The summed E-state index contributed by atoms with van der Waals surface area (Å²) in [6.07, 6.45) is 8.56. The van der Waals surface area contributed by atoms with Crippen LogP contribution in [-0.2, 0) is 0 Å². The molecule has 6 rings (SSSR count). The maximum atomic E-state index is 6.39. The number of para-hydroxylation sites is 1. The highest BCUT2D eigenvalue weighted by Gasteiger charge is 2.31. The topological polar surface area (TPSA) is 71.9 Å². The molecule has 2 aromatic heterocycles. The van der Waals surface area contributed by atoms with Crippen molar-refractivity contribution in [3.8, 4) is 22.8 Å². The Hall–Kier alpha value is -3.42. The van der Waals surface area contributed by atoms with Gasteiger partial charge in [0.15, 0.2) is 0 Å². The molecule has 36 heavy (non-hydrogen) atoms. The Morgan fingerprint density at radius 2 is 1.56 bits per heavy atom. The largest absolute Gasteiger partial charge is 0.457 e. The lowest BCUT2D eigenvalue weighted by molar-refractivity contribution is 0.0872. The molecule has 2 N–H and O–H groups in total. The number of likely N-dealkylation sites (N-methyl/N-ethyl adjacent to an activating group) is 1. The zero-order valence-corrected chi connectivity index (χ0v) is 20.9. The van der Waals surface area contributed by atoms with Crippen molar-refractivity contribution in [2.75, 3.05) is 39.0 Å². The molecule has 1 saturated carbocycles. The number of rotatable bonds is 5. The van der Waals surface area contributed by atoms with Gasteiger partial charge in [-0.3, -0.25) is 9.30 Å². The first-order valence-corrected chi connectivity index (χ1v) is 13.0. The summed E-state index contributed by atoms with van der Waals surface area (Å²) >= 11 is 0. The summed E-state index contributed by atoms with van der Waals surface area (Å²) in [5.41, 5.74) is 9.20. The van der Waals surface area contributed by atoms with E-state index in [4.69, 9.17) is 15.5 Å². The van der Waals surface area contributed by atoms with Gasteiger partial charge >= 0.3 is 0 Å². The zero-order chi connectivity index (χ0) is 24.5. The minimum absolute atomic E-state index is 0.428. The number of piperazine rings is 1. The Morgan fingerprint density at radius 1 is 0.861 bits per heavy atom.